The van der Waals surface area contributed by atoms with E-state index in [0.29, 0.717) is 12.1 Å². The highest BCUT2D eigenvalue weighted by Gasteiger charge is 2.32. The molecular formula is C18H28N2. The number of piperidine rings is 1. The van der Waals surface area contributed by atoms with E-state index < -0.39 is 0 Å². The summed E-state index contributed by atoms with van der Waals surface area (Å²) in [7, 11) is 0. The van der Waals surface area contributed by atoms with Crippen LogP contribution in [-0.4, -0.2) is 24.0 Å². The lowest BCUT2D eigenvalue weighted by Crippen LogP contribution is -2.40. The molecule has 3 rings (SSSR count). The van der Waals surface area contributed by atoms with E-state index in [-0.39, 0.29) is 0 Å². The molecule has 1 heterocycles. The van der Waals surface area contributed by atoms with Crippen molar-refractivity contribution in [2.45, 2.75) is 57.0 Å². The molecule has 1 saturated carbocycles. The Morgan fingerprint density at radius 2 is 1.55 bits per heavy atom. The van der Waals surface area contributed by atoms with Gasteiger partial charge in [-0.1, -0.05) is 36.8 Å². The van der Waals surface area contributed by atoms with Crippen molar-refractivity contribution in [3.63, 3.8) is 0 Å². The molecule has 0 bridgehead atoms. The molecular weight excluding hydrogens is 244 g/mol. The van der Waals surface area contributed by atoms with Gasteiger partial charge in [-0.25, -0.2) is 0 Å². The van der Waals surface area contributed by atoms with Gasteiger partial charge in [0.2, 0.25) is 0 Å². The van der Waals surface area contributed by atoms with Crippen LogP contribution in [-0.2, 0) is 0 Å². The van der Waals surface area contributed by atoms with Crippen molar-refractivity contribution in [1.29, 1.82) is 0 Å². The van der Waals surface area contributed by atoms with E-state index in [1.54, 1.807) is 0 Å². The fourth-order valence-corrected chi connectivity index (χ4v) is 4.09. The lowest BCUT2D eigenvalue weighted by Gasteiger charge is -2.42. The first-order chi connectivity index (χ1) is 9.84. The van der Waals surface area contributed by atoms with E-state index in [1.165, 1.54) is 63.6 Å². The van der Waals surface area contributed by atoms with Gasteiger partial charge in [-0.2, -0.15) is 0 Å². The number of hydrogen-bond donors (Lipinski definition) is 1. The molecule has 0 radical (unpaired) electrons. The van der Waals surface area contributed by atoms with Crippen molar-refractivity contribution in [2.75, 3.05) is 13.1 Å². The molecule has 1 aromatic rings. The highest BCUT2D eigenvalue weighted by atomic mass is 15.2. The third-order valence-electron chi connectivity index (χ3n) is 5.19. The third-order valence-corrected chi connectivity index (χ3v) is 5.19. The van der Waals surface area contributed by atoms with Gasteiger partial charge in [-0.15, -0.1) is 0 Å². The number of rotatable bonds is 3. The molecule has 1 atom stereocenters. The van der Waals surface area contributed by atoms with Crippen LogP contribution in [0.2, 0.25) is 0 Å². The van der Waals surface area contributed by atoms with Crippen LogP contribution in [0.4, 0.5) is 0 Å². The van der Waals surface area contributed by atoms with Gasteiger partial charge in [0.15, 0.2) is 0 Å². The minimum absolute atomic E-state index is 0.448. The van der Waals surface area contributed by atoms with Crippen LogP contribution in [0, 0.1) is 5.92 Å². The van der Waals surface area contributed by atoms with E-state index in [1.807, 2.05) is 0 Å². The zero-order valence-electron chi connectivity index (χ0n) is 12.5. The van der Waals surface area contributed by atoms with Crippen molar-refractivity contribution < 1.29 is 0 Å². The third kappa shape index (κ3) is 3.24. The highest BCUT2D eigenvalue weighted by Crippen LogP contribution is 2.39. The Labute approximate surface area is 123 Å². The summed E-state index contributed by atoms with van der Waals surface area (Å²) >= 11 is 0. The molecule has 20 heavy (non-hydrogen) atoms. The summed E-state index contributed by atoms with van der Waals surface area (Å²) in [5.74, 6) is 0.801. The highest BCUT2D eigenvalue weighted by molar-refractivity contribution is 5.20. The molecule has 2 aliphatic rings. The van der Waals surface area contributed by atoms with Crippen molar-refractivity contribution >= 4 is 0 Å². The lowest BCUT2D eigenvalue weighted by atomic mass is 9.78. The lowest BCUT2D eigenvalue weighted by molar-refractivity contribution is 0.0935. The second-order valence-corrected chi connectivity index (χ2v) is 6.63. The first kappa shape index (κ1) is 14.1. The summed E-state index contributed by atoms with van der Waals surface area (Å²) in [5, 5.41) is 0. The van der Waals surface area contributed by atoms with Crippen molar-refractivity contribution in [3.8, 4) is 0 Å². The minimum atomic E-state index is 0.448. The quantitative estimate of drug-likeness (QED) is 0.908. The smallest absolute Gasteiger partial charge is 0.0376 e. The molecule has 1 aliphatic heterocycles. The maximum Gasteiger partial charge on any atom is 0.0376 e. The number of nitrogens with zero attached hydrogens (tertiary/aromatic N) is 1. The molecule has 2 nitrogen and oxygen atoms in total. The zero-order chi connectivity index (χ0) is 13.8. The van der Waals surface area contributed by atoms with Crippen LogP contribution in [0.5, 0.6) is 0 Å². The fraction of sp³-hybridized carbons (Fsp3) is 0.667. The molecule has 1 aromatic carbocycles. The van der Waals surface area contributed by atoms with Gasteiger partial charge < -0.3 is 5.73 Å². The van der Waals surface area contributed by atoms with Gasteiger partial charge in [0, 0.05) is 12.1 Å². The van der Waals surface area contributed by atoms with Gasteiger partial charge in [0.25, 0.3) is 0 Å². The summed E-state index contributed by atoms with van der Waals surface area (Å²) in [4.78, 5) is 2.75. The average Bonchev–Trinajstić information content (AvgIpc) is 2.52. The Hall–Kier alpha value is -0.860. The summed E-state index contributed by atoms with van der Waals surface area (Å²) in [6.45, 7) is 2.56. The van der Waals surface area contributed by atoms with E-state index in [0.717, 1.165) is 5.92 Å². The summed E-state index contributed by atoms with van der Waals surface area (Å²) in [5.41, 5.74) is 7.62. The van der Waals surface area contributed by atoms with Crippen molar-refractivity contribution in [1.82, 2.24) is 4.90 Å². The fourth-order valence-electron chi connectivity index (χ4n) is 4.09. The molecule has 1 unspecified atom stereocenters. The first-order valence-electron chi connectivity index (χ1n) is 8.39. The molecule has 2 fully saturated rings. The van der Waals surface area contributed by atoms with E-state index in [2.05, 4.69) is 35.2 Å². The van der Waals surface area contributed by atoms with Crippen LogP contribution in [0.25, 0.3) is 0 Å². The van der Waals surface area contributed by atoms with E-state index in [4.69, 9.17) is 5.73 Å². The molecule has 0 amide bonds. The summed E-state index contributed by atoms with van der Waals surface area (Å²) in [6, 6.07) is 12.3. The number of likely N-dealkylation sites (tertiary alicyclic amines) is 1. The standard InChI is InChI=1S/C18H28N2/c19-17-11-9-16(10-12-17)18(15-7-3-1-4-8-15)20-13-5-2-6-14-20/h1,3-4,7-8,16-18H,2,5-6,9-14,19H2. The van der Waals surface area contributed by atoms with Crippen molar-refractivity contribution in [2.24, 2.45) is 11.7 Å². The van der Waals surface area contributed by atoms with Gasteiger partial charge in [0.05, 0.1) is 0 Å². The van der Waals surface area contributed by atoms with Gasteiger partial charge in [-0.05, 0) is 63.1 Å². The molecule has 2 N–H and O–H groups in total. The minimum Gasteiger partial charge on any atom is -0.328 e. The van der Waals surface area contributed by atoms with Gasteiger partial charge >= 0.3 is 0 Å². The Morgan fingerprint density at radius 1 is 0.900 bits per heavy atom. The SMILES string of the molecule is NC1CCC(C(c2ccccc2)N2CCCCC2)CC1. The van der Waals surface area contributed by atoms with E-state index >= 15 is 0 Å². The second-order valence-electron chi connectivity index (χ2n) is 6.63. The van der Waals surface area contributed by atoms with Crippen LogP contribution in [0.1, 0.15) is 56.6 Å². The molecule has 1 saturated heterocycles. The van der Waals surface area contributed by atoms with Crippen LogP contribution in [0.15, 0.2) is 30.3 Å². The Bertz CT molecular complexity index is 389. The van der Waals surface area contributed by atoms with Crippen molar-refractivity contribution in [3.05, 3.63) is 35.9 Å². The number of benzene rings is 1. The monoisotopic (exact) mass is 272 g/mol. The number of hydrogen-bond acceptors (Lipinski definition) is 2. The molecule has 0 aromatic heterocycles. The molecule has 0 spiro atoms. The second kappa shape index (κ2) is 6.73. The van der Waals surface area contributed by atoms with Crippen LogP contribution >= 0.6 is 0 Å². The van der Waals surface area contributed by atoms with E-state index in [9.17, 15) is 0 Å². The zero-order valence-corrected chi connectivity index (χ0v) is 12.5. The maximum absolute atomic E-state index is 6.10. The molecule has 110 valence electrons. The average molecular weight is 272 g/mol. The predicted molar refractivity (Wildman–Crippen MR) is 84.5 cm³/mol. The maximum atomic E-state index is 6.10. The number of nitrogens with two attached hydrogens (primary N) is 1. The first-order valence-corrected chi connectivity index (χ1v) is 8.39. The Balaban J connectivity index is 1.79. The molecule has 1 aliphatic carbocycles. The normalized spacial score (nSPS) is 30.1. The summed E-state index contributed by atoms with van der Waals surface area (Å²) < 4.78 is 0. The summed E-state index contributed by atoms with van der Waals surface area (Å²) in [6.07, 6.45) is 9.18. The van der Waals surface area contributed by atoms with Crippen LogP contribution < -0.4 is 5.73 Å². The topological polar surface area (TPSA) is 29.3 Å². The van der Waals surface area contributed by atoms with Gasteiger partial charge in [-0.3, -0.25) is 4.90 Å². The molecule has 2 heteroatoms. The van der Waals surface area contributed by atoms with Gasteiger partial charge in [0.1, 0.15) is 0 Å². The Morgan fingerprint density at radius 3 is 2.20 bits per heavy atom. The Kier molecular flexibility index (Phi) is 4.74. The van der Waals surface area contributed by atoms with Crippen LogP contribution in [0.3, 0.4) is 0 Å². The largest absolute Gasteiger partial charge is 0.328 e. The predicted octanol–water partition coefficient (Wildman–Crippen LogP) is 3.73.